The maximum absolute atomic E-state index is 12.5. The van der Waals surface area contributed by atoms with Crippen LogP contribution in [0.1, 0.15) is 21.5 Å². The van der Waals surface area contributed by atoms with E-state index in [-0.39, 0.29) is 5.91 Å². The molecule has 0 spiro atoms. The van der Waals surface area contributed by atoms with Gasteiger partial charge in [0.1, 0.15) is 5.75 Å². The molecule has 4 nitrogen and oxygen atoms in total. The Morgan fingerprint density at radius 1 is 1.07 bits per heavy atom. The molecule has 140 valence electrons. The van der Waals surface area contributed by atoms with Crippen molar-refractivity contribution in [1.82, 2.24) is 5.32 Å². The predicted molar refractivity (Wildman–Crippen MR) is 114 cm³/mol. The summed E-state index contributed by atoms with van der Waals surface area (Å²) in [5.74, 6) is 0.748. The molecule has 1 amide bonds. The molecule has 0 fully saturated rings. The summed E-state index contributed by atoms with van der Waals surface area (Å²) in [6, 6.07) is 21.6. The predicted octanol–water partition coefficient (Wildman–Crippen LogP) is 5.17. The Hall–Kier alpha value is -3.18. The molecule has 0 unspecified atom stereocenters. The zero-order chi connectivity index (χ0) is 19.5. The Morgan fingerprint density at radius 2 is 1.86 bits per heavy atom. The minimum absolute atomic E-state index is 0.0872. The number of hydrogen-bond donors (Lipinski definition) is 2. The van der Waals surface area contributed by atoms with Gasteiger partial charge in [-0.1, -0.05) is 48.7 Å². The minimum atomic E-state index is -0.0872. The van der Waals surface area contributed by atoms with Crippen LogP contribution in [0, 0.1) is 0 Å². The van der Waals surface area contributed by atoms with Gasteiger partial charge in [-0.15, -0.1) is 0 Å². The molecule has 0 bridgehead atoms. The number of fused-ring (bicyclic) bond motifs is 2. The lowest BCUT2D eigenvalue weighted by Crippen LogP contribution is -2.13. The van der Waals surface area contributed by atoms with Gasteiger partial charge in [0.25, 0.3) is 5.91 Å². The Labute approximate surface area is 168 Å². The average molecular weight is 388 g/mol. The molecular weight excluding hydrogens is 368 g/mol. The smallest absolute Gasteiger partial charge is 0.256 e. The number of hydrogen-bond acceptors (Lipinski definition) is 4. The first-order valence-corrected chi connectivity index (χ1v) is 9.74. The molecule has 2 N–H and O–H groups in total. The maximum atomic E-state index is 12.5. The van der Waals surface area contributed by atoms with Crippen LogP contribution in [0.25, 0.3) is 5.70 Å². The number of methoxy groups -OCH3 is 1. The van der Waals surface area contributed by atoms with Crippen LogP contribution < -0.4 is 15.4 Å². The molecule has 3 aromatic carbocycles. The van der Waals surface area contributed by atoms with Crippen LogP contribution in [0.15, 0.2) is 83.1 Å². The fourth-order valence-electron chi connectivity index (χ4n) is 3.01. The Bertz CT molecular complexity index is 1040. The van der Waals surface area contributed by atoms with Gasteiger partial charge < -0.3 is 15.4 Å². The summed E-state index contributed by atoms with van der Waals surface area (Å²) in [4.78, 5) is 14.5. The Morgan fingerprint density at radius 3 is 2.64 bits per heavy atom. The Balaban J connectivity index is 1.50. The molecule has 1 aliphatic rings. The summed E-state index contributed by atoms with van der Waals surface area (Å²) < 4.78 is 5.18. The topological polar surface area (TPSA) is 50.4 Å². The van der Waals surface area contributed by atoms with Crippen molar-refractivity contribution in [1.29, 1.82) is 0 Å². The van der Waals surface area contributed by atoms with E-state index in [1.165, 1.54) is 0 Å². The molecule has 0 saturated heterocycles. The summed E-state index contributed by atoms with van der Waals surface area (Å²) in [6.45, 7) is 4.81. The molecule has 0 saturated carbocycles. The number of anilines is 1. The molecule has 3 aromatic rings. The molecule has 0 aromatic heterocycles. The first-order valence-electron chi connectivity index (χ1n) is 8.92. The quantitative estimate of drug-likeness (QED) is 0.633. The number of rotatable bonds is 5. The number of benzene rings is 3. The van der Waals surface area contributed by atoms with E-state index < -0.39 is 0 Å². The highest BCUT2D eigenvalue weighted by Gasteiger charge is 2.19. The van der Waals surface area contributed by atoms with Gasteiger partial charge in [0.15, 0.2) is 0 Å². The summed E-state index contributed by atoms with van der Waals surface area (Å²) in [6.07, 6.45) is 0. The van der Waals surface area contributed by atoms with Crippen molar-refractivity contribution in [3.05, 3.63) is 90.0 Å². The van der Waals surface area contributed by atoms with Crippen LogP contribution in [-0.2, 0) is 6.54 Å². The Kier molecular flexibility index (Phi) is 5.08. The maximum Gasteiger partial charge on any atom is 0.256 e. The minimum Gasteiger partial charge on any atom is -0.497 e. The zero-order valence-electron chi connectivity index (χ0n) is 15.5. The number of nitrogens with one attached hydrogen (secondary N) is 2. The van der Waals surface area contributed by atoms with Gasteiger partial charge in [-0.3, -0.25) is 4.79 Å². The van der Waals surface area contributed by atoms with Crippen molar-refractivity contribution in [2.45, 2.75) is 16.3 Å². The van der Waals surface area contributed by atoms with Crippen LogP contribution >= 0.6 is 11.8 Å². The van der Waals surface area contributed by atoms with Crippen molar-refractivity contribution < 1.29 is 9.53 Å². The molecule has 0 aliphatic carbocycles. The van der Waals surface area contributed by atoms with E-state index in [0.717, 1.165) is 38.1 Å². The third-order valence-electron chi connectivity index (χ3n) is 4.59. The molecule has 4 rings (SSSR count). The fourth-order valence-corrected chi connectivity index (χ4v) is 4.02. The number of amides is 1. The highest BCUT2D eigenvalue weighted by atomic mass is 32.2. The van der Waals surface area contributed by atoms with Gasteiger partial charge >= 0.3 is 0 Å². The summed E-state index contributed by atoms with van der Waals surface area (Å²) in [5.41, 5.74) is 4.38. The highest BCUT2D eigenvalue weighted by molar-refractivity contribution is 7.99. The zero-order valence-corrected chi connectivity index (χ0v) is 16.3. The third-order valence-corrected chi connectivity index (χ3v) is 5.74. The lowest BCUT2D eigenvalue weighted by Gasteiger charge is -2.13. The highest BCUT2D eigenvalue weighted by Crippen LogP contribution is 2.39. The molecule has 28 heavy (non-hydrogen) atoms. The fraction of sp³-hybridized carbons (Fsp3) is 0.0870. The van der Waals surface area contributed by atoms with Gasteiger partial charge in [-0.05, 0) is 47.5 Å². The summed E-state index contributed by atoms with van der Waals surface area (Å²) in [7, 11) is 1.66. The summed E-state index contributed by atoms with van der Waals surface area (Å²) >= 11 is 1.60. The van der Waals surface area contributed by atoms with E-state index in [2.05, 4.69) is 17.2 Å². The molecule has 1 heterocycles. The van der Waals surface area contributed by atoms with Gasteiger partial charge in [0.05, 0.1) is 18.4 Å². The van der Waals surface area contributed by atoms with Crippen molar-refractivity contribution in [3.8, 4) is 5.75 Å². The first-order chi connectivity index (χ1) is 13.6. The largest absolute Gasteiger partial charge is 0.497 e. The van der Waals surface area contributed by atoms with Crippen LogP contribution in [0.5, 0.6) is 5.75 Å². The summed E-state index contributed by atoms with van der Waals surface area (Å²) in [5, 5.41) is 6.37. The normalized spacial score (nSPS) is 12.2. The van der Waals surface area contributed by atoms with Crippen molar-refractivity contribution in [2.75, 3.05) is 12.4 Å². The van der Waals surface area contributed by atoms with E-state index in [9.17, 15) is 4.79 Å². The van der Waals surface area contributed by atoms with E-state index in [1.54, 1.807) is 18.9 Å². The monoisotopic (exact) mass is 388 g/mol. The van der Waals surface area contributed by atoms with Crippen molar-refractivity contribution in [3.63, 3.8) is 0 Å². The second kappa shape index (κ2) is 7.82. The average Bonchev–Trinajstić information content (AvgIpc) is 2.87. The number of carbonyl (C=O) groups excluding carboxylic acids is 1. The lowest BCUT2D eigenvalue weighted by molar-refractivity contribution is 0.102. The molecule has 5 heteroatoms. The van der Waals surface area contributed by atoms with Crippen molar-refractivity contribution >= 4 is 29.1 Å². The second-order valence-corrected chi connectivity index (χ2v) is 7.53. The SMILES string of the molecule is C=C(NCc1ccc(OC)cc1)c1ccc2c(c1)NC(=O)c1ccccc1S2. The van der Waals surface area contributed by atoms with E-state index >= 15 is 0 Å². The lowest BCUT2D eigenvalue weighted by atomic mass is 10.1. The van der Waals surface area contributed by atoms with Gasteiger partial charge in [0.2, 0.25) is 0 Å². The number of carbonyl (C=O) groups is 1. The molecule has 1 aliphatic heterocycles. The molecule has 0 radical (unpaired) electrons. The van der Waals surface area contributed by atoms with E-state index in [0.29, 0.717) is 12.1 Å². The van der Waals surface area contributed by atoms with Crippen LogP contribution in [0.4, 0.5) is 5.69 Å². The first kappa shape index (κ1) is 18.2. The van der Waals surface area contributed by atoms with Gasteiger partial charge in [-0.2, -0.15) is 0 Å². The third kappa shape index (κ3) is 3.75. The standard InChI is InChI=1S/C23H20N2O2S/c1-15(24-14-16-7-10-18(27-2)11-8-16)17-9-12-22-20(13-17)25-23(26)19-5-3-4-6-21(19)28-22/h3-13,24H,1,14H2,2H3,(H,25,26). The molecule has 0 atom stereocenters. The van der Waals surface area contributed by atoms with Gasteiger partial charge in [-0.25, -0.2) is 0 Å². The van der Waals surface area contributed by atoms with Crippen LogP contribution in [0.3, 0.4) is 0 Å². The van der Waals surface area contributed by atoms with E-state index in [4.69, 9.17) is 4.74 Å². The molecular formula is C23H20N2O2S. The number of ether oxygens (including phenoxy) is 1. The van der Waals surface area contributed by atoms with Crippen LogP contribution in [-0.4, -0.2) is 13.0 Å². The van der Waals surface area contributed by atoms with Gasteiger partial charge in [0, 0.05) is 22.0 Å². The van der Waals surface area contributed by atoms with E-state index in [1.807, 2.05) is 66.7 Å². The van der Waals surface area contributed by atoms with Crippen LogP contribution in [0.2, 0.25) is 0 Å². The van der Waals surface area contributed by atoms with Crippen molar-refractivity contribution in [2.24, 2.45) is 0 Å². The second-order valence-electron chi connectivity index (χ2n) is 6.44.